The maximum atomic E-state index is 13.6. The molecule has 142 valence electrons. The summed E-state index contributed by atoms with van der Waals surface area (Å²) in [7, 11) is -3.61. The summed E-state index contributed by atoms with van der Waals surface area (Å²) in [4.78, 5) is 1.17. The van der Waals surface area contributed by atoms with Gasteiger partial charge in [0, 0.05) is 12.6 Å². The highest BCUT2D eigenvalue weighted by atomic mass is 32.2. The maximum absolute atomic E-state index is 13.6. The molecule has 1 aliphatic heterocycles. The topological polar surface area (TPSA) is 55.2 Å². The molecule has 3 aromatic rings. The number of thiophene rings is 1. The van der Waals surface area contributed by atoms with Gasteiger partial charge in [0.25, 0.3) is 0 Å². The number of nitrogens with zero attached hydrogens (tertiary/aromatic N) is 3. The molecule has 7 heteroatoms. The number of benzene rings is 1. The van der Waals surface area contributed by atoms with Crippen molar-refractivity contribution in [1.82, 2.24) is 14.1 Å². The van der Waals surface area contributed by atoms with E-state index in [1.807, 2.05) is 47.8 Å². The van der Waals surface area contributed by atoms with Crippen LogP contribution in [0.1, 0.15) is 32.6 Å². The summed E-state index contributed by atoms with van der Waals surface area (Å²) in [6.07, 6.45) is 5.43. The van der Waals surface area contributed by atoms with Crippen molar-refractivity contribution >= 4 is 21.4 Å². The quantitative estimate of drug-likeness (QED) is 0.630. The predicted molar refractivity (Wildman–Crippen MR) is 109 cm³/mol. The molecule has 1 atom stereocenters. The van der Waals surface area contributed by atoms with Gasteiger partial charge < -0.3 is 0 Å². The van der Waals surface area contributed by atoms with Crippen molar-refractivity contribution in [1.29, 1.82) is 0 Å². The molecule has 4 rings (SSSR count). The molecule has 1 aliphatic rings. The molecule has 0 N–H and O–H groups in total. The van der Waals surface area contributed by atoms with Crippen LogP contribution in [-0.4, -0.2) is 35.1 Å². The fourth-order valence-electron chi connectivity index (χ4n) is 3.67. The Bertz CT molecular complexity index is 995. The molecule has 1 saturated heterocycles. The van der Waals surface area contributed by atoms with Gasteiger partial charge in [-0.3, -0.25) is 0 Å². The zero-order valence-corrected chi connectivity index (χ0v) is 16.9. The lowest BCUT2D eigenvalue weighted by Crippen LogP contribution is -2.43. The first kappa shape index (κ1) is 18.4. The highest BCUT2D eigenvalue weighted by Gasteiger charge is 2.36. The number of hydrogen-bond donors (Lipinski definition) is 0. The van der Waals surface area contributed by atoms with Crippen LogP contribution in [0.15, 0.2) is 58.9 Å². The van der Waals surface area contributed by atoms with E-state index in [0.717, 1.165) is 36.2 Å². The van der Waals surface area contributed by atoms with Crippen LogP contribution in [-0.2, 0) is 10.0 Å². The molecule has 5 nitrogen and oxygen atoms in total. The first-order chi connectivity index (χ1) is 13.1. The lowest BCUT2D eigenvalue weighted by Gasteiger charge is -2.33. The van der Waals surface area contributed by atoms with Gasteiger partial charge >= 0.3 is 0 Å². The number of para-hydroxylation sites is 1. The van der Waals surface area contributed by atoms with E-state index in [-0.39, 0.29) is 6.04 Å². The van der Waals surface area contributed by atoms with Gasteiger partial charge in [0.2, 0.25) is 10.0 Å². The van der Waals surface area contributed by atoms with Crippen molar-refractivity contribution in [2.45, 2.75) is 43.5 Å². The van der Waals surface area contributed by atoms with Crippen molar-refractivity contribution < 1.29 is 8.42 Å². The summed E-state index contributed by atoms with van der Waals surface area (Å²) < 4.78 is 30.6. The third-order valence-corrected chi connectivity index (χ3v) is 7.92. The third-order valence-electron chi connectivity index (χ3n) is 5.09. The van der Waals surface area contributed by atoms with E-state index in [0.29, 0.717) is 17.1 Å². The fourth-order valence-corrected chi connectivity index (χ4v) is 6.35. The molecule has 0 spiro atoms. The molecular weight excluding hydrogens is 378 g/mol. The van der Waals surface area contributed by atoms with E-state index in [4.69, 9.17) is 0 Å². The summed E-state index contributed by atoms with van der Waals surface area (Å²) >= 11 is 1.51. The van der Waals surface area contributed by atoms with Crippen LogP contribution < -0.4 is 0 Å². The number of hydrogen-bond acceptors (Lipinski definition) is 4. The summed E-state index contributed by atoms with van der Waals surface area (Å²) in [6, 6.07) is 13.6. The lowest BCUT2D eigenvalue weighted by atomic mass is 10.0. The standard InChI is InChI=1S/C20H23N3O2S2/c1-2-16-9-6-7-13-23(16)27(24,25)19-15-22(17-10-4-3-5-11-17)21-20(19)18-12-8-14-26-18/h3-5,8,10-12,14-16H,2,6-7,9,13H2,1H3. The summed E-state index contributed by atoms with van der Waals surface area (Å²) in [5.41, 5.74) is 1.39. The summed E-state index contributed by atoms with van der Waals surface area (Å²) in [5, 5.41) is 6.60. The van der Waals surface area contributed by atoms with Gasteiger partial charge in [-0.2, -0.15) is 9.40 Å². The Balaban J connectivity index is 1.84. The molecule has 1 aromatic carbocycles. The highest BCUT2D eigenvalue weighted by Crippen LogP contribution is 2.35. The van der Waals surface area contributed by atoms with Crippen molar-refractivity contribution in [3.63, 3.8) is 0 Å². The summed E-state index contributed by atoms with van der Waals surface area (Å²) in [5.74, 6) is 0. The Morgan fingerprint density at radius 1 is 1.15 bits per heavy atom. The van der Waals surface area contributed by atoms with Crippen molar-refractivity contribution in [3.8, 4) is 16.3 Å². The second-order valence-electron chi connectivity index (χ2n) is 6.77. The van der Waals surface area contributed by atoms with E-state index in [1.54, 1.807) is 15.2 Å². The second-order valence-corrected chi connectivity index (χ2v) is 9.58. The lowest BCUT2D eigenvalue weighted by molar-refractivity contribution is 0.246. The molecule has 0 bridgehead atoms. The van der Waals surface area contributed by atoms with Gasteiger partial charge in [0.1, 0.15) is 10.6 Å². The zero-order chi connectivity index (χ0) is 18.9. The van der Waals surface area contributed by atoms with E-state index < -0.39 is 10.0 Å². The molecule has 1 fully saturated rings. The molecule has 0 amide bonds. The second kappa shape index (κ2) is 7.58. The number of aromatic nitrogens is 2. The maximum Gasteiger partial charge on any atom is 0.247 e. The SMILES string of the molecule is CCC1CCCCN1S(=O)(=O)c1cn(-c2ccccc2)nc1-c1cccs1. The minimum absolute atomic E-state index is 0.0695. The molecule has 0 aliphatic carbocycles. The van der Waals surface area contributed by atoms with Crippen molar-refractivity contribution in [2.24, 2.45) is 0 Å². The highest BCUT2D eigenvalue weighted by molar-refractivity contribution is 7.89. The van der Waals surface area contributed by atoms with Crippen LogP contribution in [0.25, 0.3) is 16.3 Å². The minimum Gasteiger partial charge on any atom is -0.239 e. The van der Waals surface area contributed by atoms with Gasteiger partial charge in [-0.05, 0) is 42.8 Å². The Morgan fingerprint density at radius 2 is 1.96 bits per heavy atom. The average molecular weight is 402 g/mol. The Morgan fingerprint density at radius 3 is 2.67 bits per heavy atom. The van der Waals surface area contributed by atoms with Crippen molar-refractivity contribution in [3.05, 3.63) is 54.0 Å². The monoisotopic (exact) mass is 401 g/mol. The Labute approximate surface area is 164 Å². The van der Waals surface area contributed by atoms with Crippen LogP contribution in [0, 0.1) is 0 Å². The van der Waals surface area contributed by atoms with Crippen LogP contribution >= 0.6 is 11.3 Å². The first-order valence-corrected chi connectivity index (χ1v) is 11.6. The van der Waals surface area contributed by atoms with Crippen molar-refractivity contribution in [2.75, 3.05) is 6.54 Å². The molecular formula is C20H23N3O2S2. The number of rotatable bonds is 5. The van der Waals surface area contributed by atoms with Gasteiger partial charge in [0.15, 0.2) is 0 Å². The first-order valence-electron chi connectivity index (χ1n) is 9.32. The van der Waals surface area contributed by atoms with Crippen LogP contribution in [0.4, 0.5) is 0 Å². The van der Waals surface area contributed by atoms with Gasteiger partial charge in [0.05, 0.1) is 16.8 Å². The Kier molecular flexibility index (Phi) is 5.16. The number of piperidine rings is 1. The normalized spacial score (nSPS) is 18.6. The van der Waals surface area contributed by atoms with Crippen LogP contribution in [0.3, 0.4) is 0 Å². The third kappa shape index (κ3) is 3.47. The number of sulfonamides is 1. The molecule has 0 saturated carbocycles. The molecule has 3 heterocycles. The smallest absolute Gasteiger partial charge is 0.239 e. The molecule has 2 aromatic heterocycles. The van der Waals surface area contributed by atoms with E-state index in [9.17, 15) is 8.42 Å². The van der Waals surface area contributed by atoms with Crippen LogP contribution in [0.2, 0.25) is 0 Å². The van der Waals surface area contributed by atoms with E-state index >= 15 is 0 Å². The fraction of sp³-hybridized carbons (Fsp3) is 0.350. The summed E-state index contributed by atoms with van der Waals surface area (Å²) in [6.45, 7) is 2.65. The largest absolute Gasteiger partial charge is 0.247 e. The van der Waals surface area contributed by atoms with Crippen LogP contribution in [0.5, 0.6) is 0 Å². The van der Waals surface area contributed by atoms with Gasteiger partial charge in [-0.25, -0.2) is 13.1 Å². The average Bonchev–Trinajstić information content (AvgIpc) is 3.38. The molecule has 0 radical (unpaired) electrons. The zero-order valence-electron chi connectivity index (χ0n) is 15.3. The molecule has 27 heavy (non-hydrogen) atoms. The van der Waals surface area contributed by atoms with E-state index in [1.165, 1.54) is 11.3 Å². The molecule has 1 unspecified atom stereocenters. The van der Waals surface area contributed by atoms with E-state index in [2.05, 4.69) is 12.0 Å². The Hall–Kier alpha value is -1.96. The van der Waals surface area contributed by atoms with Gasteiger partial charge in [-0.1, -0.05) is 37.6 Å². The minimum atomic E-state index is -3.61. The van der Waals surface area contributed by atoms with Gasteiger partial charge in [-0.15, -0.1) is 11.3 Å². The predicted octanol–water partition coefficient (Wildman–Crippen LogP) is 4.55.